The van der Waals surface area contributed by atoms with E-state index < -0.39 is 29.4 Å². The zero-order valence-corrected chi connectivity index (χ0v) is 20.0. The molecule has 2 atom stereocenters. The third-order valence-electron chi connectivity index (χ3n) is 6.61. The van der Waals surface area contributed by atoms with Crippen LogP contribution in [0.1, 0.15) is 22.2 Å². The number of para-hydroxylation sites is 1. The van der Waals surface area contributed by atoms with Gasteiger partial charge < -0.3 is 18.8 Å². The maximum atomic E-state index is 13.7. The molecule has 0 spiro atoms. The van der Waals surface area contributed by atoms with Crippen molar-refractivity contribution in [2.24, 2.45) is 5.92 Å². The molecular weight excluding hydrogens is 472 g/mol. The molecular formula is C26H25ClN2O6. The summed E-state index contributed by atoms with van der Waals surface area (Å²) in [6, 6.07) is 13.1. The Morgan fingerprint density at radius 2 is 1.86 bits per heavy atom. The first-order chi connectivity index (χ1) is 17.0. The molecule has 1 amide bonds. The van der Waals surface area contributed by atoms with Crippen LogP contribution in [0.25, 0.3) is 11.0 Å². The molecule has 2 aromatic carbocycles. The van der Waals surface area contributed by atoms with Crippen LogP contribution < -0.4 is 4.74 Å². The van der Waals surface area contributed by atoms with Crippen LogP contribution in [0.3, 0.4) is 0 Å². The van der Waals surface area contributed by atoms with E-state index in [4.69, 9.17) is 25.5 Å². The minimum absolute atomic E-state index is 0.0118. The molecule has 2 saturated heterocycles. The molecule has 182 valence electrons. The second kappa shape index (κ2) is 9.81. The number of hydrogen-bond donors (Lipinski definition) is 0. The molecule has 0 aliphatic carbocycles. The van der Waals surface area contributed by atoms with E-state index in [1.807, 2.05) is 0 Å². The number of carbonyl (C=O) groups is 3. The molecule has 2 aliphatic rings. The number of ketones is 2. The summed E-state index contributed by atoms with van der Waals surface area (Å²) in [6.45, 7) is 3.63. The molecule has 2 aliphatic heterocycles. The molecule has 2 fully saturated rings. The standard InChI is InChI=1S/C26H25ClN2O6/c1-33-19-7-3-5-17-15-20(35-25(17)19)23(30)21-22(16-4-2-6-18(27)14-16)29(26(32)24(21)31)9-8-28-10-12-34-13-11-28/h2-7,14-15,21-22H,8-13H2,1H3. The van der Waals surface area contributed by atoms with E-state index in [9.17, 15) is 14.4 Å². The van der Waals surface area contributed by atoms with Crippen LogP contribution in [0, 0.1) is 5.92 Å². The summed E-state index contributed by atoms with van der Waals surface area (Å²) >= 11 is 6.25. The first-order valence-electron chi connectivity index (χ1n) is 11.5. The van der Waals surface area contributed by atoms with Crippen LogP contribution in [0.15, 0.2) is 52.9 Å². The van der Waals surface area contributed by atoms with Crippen molar-refractivity contribution in [2.75, 3.05) is 46.5 Å². The average molecular weight is 497 g/mol. The second-order valence-electron chi connectivity index (χ2n) is 8.65. The van der Waals surface area contributed by atoms with Gasteiger partial charge in [0.05, 0.1) is 26.4 Å². The lowest BCUT2D eigenvalue weighted by molar-refractivity contribution is -0.141. The fourth-order valence-electron chi connectivity index (χ4n) is 4.84. The number of amides is 1. The van der Waals surface area contributed by atoms with Crippen molar-refractivity contribution in [3.8, 4) is 5.75 Å². The van der Waals surface area contributed by atoms with Crippen LogP contribution in [0.4, 0.5) is 0 Å². The summed E-state index contributed by atoms with van der Waals surface area (Å²) in [7, 11) is 1.51. The second-order valence-corrected chi connectivity index (χ2v) is 9.08. The van der Waals surface area contributed by atoms with Gasteiger partial charge in [-0.25, -0.2) is 0 Å². The Kier molecular flexibility index (Phi) is 6.60. The molecule has 5 rings (SSSR count). The highest BCUT2D eigenvalue weighted by molar-refractivity contribution is 6.44. The highest BCUT2D eigenvalue weighted by Gasteiger charge is 2.52. The first-order valence-corrected chi connectivity index (χ1v) is 11.9. The lowest BCUT2D eigenvalue weighted by Gasteiger charge is -2.31. The molecule has 35 heavy (non-hydrogen) atoms. The van der Waals surface area contributed by atoms with Crippen LogP contribution in [0.2, 0.25) is 5.02 Å². The maximum Gasteiger partial charge on any atom is 0.291 e. The number of carbonyl (C=O) groups excluding carboxylic acids is 3. The summed E-state index contributed by atoms with van der Waals surface area (Å²) in [5, 5.41) is 1.13. The topological polar surface area (TPSA) is 89.3 Å². The van der Waals surface area contributed by atoms with Gasteiger partial charge >= 0.3 is 0 Å². The molecule has 9 heteroatoms. The molecule has 3 heterocycles. The Morgan fingerprint density at radius 3 is 2.60 bits per heavy atom. The molecule has 0 N–H and O–H groups in total. The number of nitrogens with zero attached hydrogens (tertiary/aromatic N) is 2. The van der Waals surface area contributed by atoms with E-state index in [1.54, 1.807) is 48.5 Å². The number of furan rings is 1. The SMILES string of the molecule is COc1cccc2cc(C(=O)C3C(=O)C(=O)N(CCN4CCOCC4)C3c3cccc(Cl)c3)oc12. The minimum Gasteiger partial charge on any atom is -0.493 e. The van der Waals surface area contributed by atoms with Gasteiger partial charge in [-0.2, -0.15) is 0 Å². The zero-order valence-electron chi connectivity index (χ0n) is 19.2. The number of morpholine rings is 1. The highest BCUT2D eigenvalue weighted by atomic mass is 35.5. The fraction of sp³-hybridized carbons (Fsp3) is 0.346. The number of fused-ring (bicyclic) bond motifs is 1. The van der Waals surface area contributed by atoms with Gasteiger partial charge in [0.25, 0.3) is 5.91 Å². The quantitative estimate of drug-likeness (QED) is 0.281. The summed E-state index contributed by atoms with van der Waals surface area (Å²) in [5.41, 5.74) is 1.05. The van der Waals surface area contributed by atoms with E-state index in [2.05, 4.69) is 4.90 Å². The number of benzene rings is 2. The number of ether oxygens (including phenoxy) is 2. The average Bonchev–Trinajstić information content (AvgIpc) is 3.42. The molecule has 3 aromatic rings. The van der Waals surface area contributed by atoms with Gasteiger partial charge in [-0.15, -0.1) is 0 Å². The Morgan fingerprint density at radius 1 is 1.09 bits per heavy atom. The Balaban J connectivity index is 1.51. The Labute approximate surface area is 207 Å². The van der Waals surface area contributed by atoms with E-state index in [0.29, 0.717) is 53.6 Å². The lowest BCUT2D eigenvalue weighted by Crippen LogP contribution is -2.42. The monoisotopic (exact) mass is 496 g/mol. The van der Waals surface area contributed by atoms with Gasteiger partial charge in [0, 0.05) is 36.6 Å². The molecule has 1 aromatic heterocycles. The van der Waals surface area contributed by atoms with E-state index in [0.717, 1.165) is 13.1 Å². The normalized spacial score (nSPS) is 21.1. The maximum absolute atomic E-state index is 13.7. The predicted molar refractivity (Wildman–Crippen MR) is 129 cm³/mol. The number of likely N-dealkylation sites (tertiary alicyclic amines) is 1. The van der Waals surface area contributed by atoms with E-state index >= 15 is 0 Å². The first kappa shape index (κ1) is 23.5. The van der Waals surface area contributed by atoms with Crippen molar-refractivity contribution in [3.05, 3.63) is 64.9 Å². The zero-order chi connectivity index (χ0) is 24.5. The number of methoxy groups -OCH3 is 1. The highest BCUT2D eigenvalue weighted by Crippen LogP contribution is 2.40. The van der Waals surface area contributed by atoms with Gasteiger partial charge in [0.2, 0.25) is 11.6 Å². The van der Waals surface area contributed by atoms with Crippen molar-refractivity contribution >= 4 is 40.0 Å². The minimum atomic E-state index is -1.24. The van der Waals surface area contributed by atoms with Crippen LogP contribution in [0.5, 0.6) is 5.75 Å². The van der Waals surface area contributed by atoms with E-state index in [-0.39, 0.29) is 5.76 Å². The van der Waals surface area contributed by atoms with E-state index in [1.165, 1.54) is 12.0 Å². The van der Waals surface area contributed by atoms with Crippen molar-refractivity contribution in [1.29, 1.82) is 0 Å². The summed E-state index contributed by atoms with van der Waals surface area (Å²) in [5.74, 6) is -2.70. The van der Waals surface area contributed by atoms with Gasteiger partial charge in [-0.1, -0.05) is 35.9 Å². The van der Waals surface area contributed by atoms with Crippen LogP contribution >= 0.6 is 11.6 Å². The van der Waals surface area contributed by atoms with Crippen molar-refractivity contribution in [3.63, 3.8) is 0 Å². The lowest BCUT2D eigenvalue weighted by atomic mass is 9.88. The van der Waals surface area contributed by atoms with Crippen molar-refractivity contribution in [1.82, 2.24) is 9.80 Å². The number of rotatable bonds is 7. The summed E-state index contributed by atoms with van der Waals surface area (Å²) < 4.78 is 16.6. The molecule has 0 saturated carbocycles. The van der Waals surface area contributed by atoms with Gasteiger partial charge in [-0.05, 0) is 29.8 Å². The third kappa shape index (κ3) is 4.45. The van der Waals surface area contributed by atoms with Gasteiger partial charge in [-0.3, -0.25) is 19.3 Å². The van der Waals surface area contributed by atoms with Gasteiger partial charge in [0.15, 0.2) is 17.1 Å². The molecule has 0 bridgehead atoms. The predicted octanol–water partition coefficient (Wildman–Crippen LogP) is 3.38. The van der Waals surface area contributed by atoms with Crippen LogP contribution in [-0.2, 0) is 14.3 Å². The smallest absolute Gasteiger partial charge is 0.291 e. The van der Waals surface area contributed by atoms with Crippen molar-refractivity contribution < 1.29 is 28.3 Å². The fourth-order valence-corrected chi connectivity index (χ4v) is 5.03. The number of Topliss-reactive ketones (excluding diaryl/α,β-unsaturated/α-hetero) is 2. The third-order valence-corrected chi connectivity index (χ3v) is 6.84. The molecule has 0 radical (unpaired) electrons. The van der Waals surface area contributed by atoms with Gasteiger partial charge in [0.1, 0.15) is 5.92 Å². The summed E-state index contributed by atoms with van der Waals surface area (Å²) in [6.07, 6.45) is 0. The molecule has 2 unspecified atom stereocenters. The largest absolute Gasteiger partial charge is 0.493 e. The van der Waals surface area contributed by atoms with Crippen LogP contribution in [-0.4, -0.2) is 73.8 Å². The number of halogens is 1. The number of hydrogen-bond acceptors (Lipinski definition) is 7. The van der Waals surface area contributed by atoms with Crippen molar-refractivity contribution in [2.45, 2.75) is 6.04 Å². The summed E-state index contributed by atoms with van der Waals surface area (Å²) in [4.78, 5) is 43.8. The Bertz CT molecular complexity index is 1280. The molecule has 8 nitrogen and oxygen atoms in total. The Hall–Kier alpha value is -3.20.